The zero-order valence-corrected chi connectivity index (χ0v) is 12.9. The molecule has 1 aliphatic rings. The second-order valence-corrected chi connectivity index (χ2v) is 6.29. The molecule has 1 fully saturated rings. The van der Waals surface area contributed by atoms with Gasteiger partial charge in [0.05, 0.1) is 0 Å². The van der Waals surface area contributed by atoms with Crippen molar-refractivity contribution >= 4 is 0 Å². The Morgan fingerprint density at radius 2 is 1.84 bits per heavy atom. The van der Waals surface area contributed by atoms with Gasteiger partial charge in [0.2, 0.25) is 0 Å². The molecule has 1 aromatic carbocycles. The first-order valence-electron chi connectivity index (χ1n) is 7.60. The molecule has 19 heavy (non-hydrogen) atoms. The number of hydrogen-bond donors (Lipinski definition) is 1. The van der Waals surface area contributed by atoms with Crippen molar-refractivity contribution in [2.45, 2.75) is 40.2 Å². The minimum Gasteiger partial charge on any atom is -0.314 e. The van der Waals surface area contributed by atoms with Gasteiger partial charge in [0.25, 0.3) is 0 Å². The van der Waals surface area contributed by atoms with E-state index < -0.39 is 0 Å². The van der Waals surface area contributed by atoms with Crippen molar-refractivity contribution in [2.24, 2.45) is 5.92 Å². The molecule has 2 nitrogen and oxygen atoms in total. The van der Waals surface area contributed by atoms with E-state index in [0.717, 1.165) is 19.0 Å². The molecule has 0 aliphatic carbocycles. The molecule has 106 valence electrons. The summed E-state index contributed by atoms with van der Waals surface area (Å²) >= 11 is 0. The summed E-state index contributed by atoms with van der Waals surface area (Å²) in [4.78, 5) is 2.66. The smallest absolute Gasteiger partial charge is 0.0354 e. The molecule has 1 aromatic rings. The van der Waals surface area contributed by atoms with Crippen molar-refractivity contribution in [2.75, 3.05) is 26.2 Å². The van der Waals surface area contributed by atoms with Crippen molar-refractivity contribution in [1.29, 1.82) is 0 Å². The number of aryl methyl sites for hydroxylation is 2. The normalized spacial score (nSPS) is 18.8. The summed E-state index contributed by atoms with van der Waals surface area (Å²) in [6, 6.07) is 7.48. The lowest BCUT2D eigenvalue weighted by Gasteiger charge is -2.37. The standard InChI is InChI=1S/C17H28N2/c1-13(2)11-17(19-9-7-18-8-10-19)16-12-14(3)5-6-15(16)4/h5-6,12-13,17-18H,7-11H2,1-4H3/t17-/m0/s1. The summed E-state index contributed by atoms with van der Waals surface area (Å²) in [6.45, 7) is 13.7. The summed E-state index contributed by atoms with van der Waals surface area (Å²) < 4.78 is 0. The van der Waals surface area contributed by atoms with E-state index >= 15 is 0 Å². The fraction of sp³-hybridized carbons (Fsp3) is 0.647. The van der Waals surface area contributed by atoms with E-state index in [9.17, 15) is 0 Å². The highest BCUT2D eigenvalue weighted by Gasteiger charge is 2.24. The molecule has 1 N–H and O–H groups in total. The molecule has 0 saturated carbocycles. The largest absolute Gasteiger partial charge is 0.314 e. The lowest BCUT2D eigenvalue weighted by molar-refractivity contribution is 0.153. The number of nitrogens with zero attached hydrogens (tertiary/aromatic N) is 1. The molecule has 1 saturated heterocycles. The molecule has 0 aromatic heterocycles. The molecule has 0 unspecified atom stereocenters. The van der Waals surface area contributed by atoms with Crippen LogP contribution in [0.4, 0.5) is 0 Å². The van der Waals surface area contributed by atoms with Gasteiger partial charge in [0.1, 0.15) is 0 Å². The molecule has 2 rings (SSSR count). The Bertz CT molecular complexity index is 406. The average molecular weight is 260 g/mol. The van der Waals surface area contributed by atoms with Crippen LogP contribution in [0.1, 0.15) is 43.0 Å². The maximum absolute atomic E-state index is 3.46. The molecule has 1 atom stereocenters. The van der Waals surface area contributed by atoms with E-state index in [-0.39, 0.29) is 0 Å². The van der Waals surface area contributed by atoms with Gasteiger partial charge < -0.3 is 5.32 Å². The SMILES string of the molecule is Cc1ccc(C)c([C@H](CC(C)C)N2CCNCC2)c1. The lowest BCUT2D eigenvalue weighted by Crippen LogP contribution is -2.45. The molecular weight excluding hydrogens is 232 g/mol. The van der Waals surface area contributed by atoms with Crippen LogP contribution < -0.4 is 5.32 Å². The van der Waals surface area contributed by atoms with E-state index in [1.54, 1.807) is 0 Å². The van der Waals surface area contributed by atoms with Gasteiger partial charge in [-0.25, -0.2) is 0 Å². The topological polar surface area (TPSA) is 15.3 Å². The van der Waals surface area contributed by atoms with Crippen LogP contribution in [-0.4, -0.2) is 31.1 Å². The number of piperazine rings is 1. The Morgan fingerprint density at radius 3 is 2.47 bits per heavy atom. The maximum atomic E-state index is 3.46. The van der Waals surface area contributed by atoms with Gasteiger partial charge in [-0.1, -0.05) is 37.6 Å². The van der Waals surface area contributed by atoms with Crippen LogP contribution in [-0.2, 0) is 0 Å². The molecule has 0 bridgehead atoms. The van der Waals surface area contributed by atoms with Crippen molar-refractivity contribution in [3.8, 4) is 0 Å². The summed E-state index contributed by atoms with van der Waals surface area (Å²) in [5.74, 6) is 0.736. The lowest BCUT2D eigenvalue weighted by atomic mass is 9.91. The first-order chi connectivity index (χ1) is 9.08. The van der Waals surface area contributed by atoms with E-state index in [4.69, 9.17) is 0 Å². The Morgan fingerprint density at radius 1 is 1.16 bits per heavy atom. The Kier molecular flexibility index (Phi) is 5.00. The van der Waals surface area contributed by atoms with Gasteiger partial charge in [-0.15, -0.1) is 0 Å². The van der Waals surface area contributed by atoms with E-state index in [2.05, 4.69) is 56.1 Å². The van der Waals surface area contributed by atoms with Crippen molar-refractivity contribution < 1.29 is 0 Å². The molecule has 0 radical (unpaired) electrons. The third-order valence-electron chi connectivity index (χ3n) is 4.08. The predicted molar refractivity (Wildman–Crippen MR) is 82.6 cm³/mol. The van der Waals surface area contributed by atoms with Gasteiger partial charge in [0.15, 0.2) is 0 Å². The average Bonchev–Trinajstić information content (AvgIpc) is 2.40. The van der Waals surface area contributed by atoms with Crippen LogP contribution in [0.3, 0.4) is 0 Å². The van der Waals surface area contributed by atoms with Crippen molar-refractivity contribution in [3.05, 3.63) is 34.9 Å². The van der Waals surface area contributed by atoms with Crippen LogP contribution in [0.5, 0.6) is 0 Å². The van der Waals surface area contributed by atoms with Gasteiger partial charge >= 0.3 is 0 Å². The highest BCUT2D eigenvalue weighted by molar-refractivity contribution is 5.33. The van der Waals surface area contributed by atoms with Gasteiger partial charge in [-0.05, 0) is 37.3 Å². The zero-order valence-electron chi connectivity index (χ0n) is 12.9. The van der Waals surface area contributed by atoms with E-state index in [1.165, 1.54) is 36.2 Å². The molecule has 2 heteroatoms. The second kappa shape index (κ2) is 6.53. The minimum absolute atomic E-state index is 0.585. The van der Waals surface area contributed by atoms with Crippen LogP contribution in [0.2, 0.25) is 0 Å². The monoisotopic (exact) mass is 260 g/mol. The quantitative estimate of drug-likeness (QED) is 0.893. The minimum atomic E-state index is 0.585. The fourth-order valence-corrected chi connectivity index (χ4v) is 3.03. The highest BCUT2D eigenvalue weighted by Crippen LogP contribution is 2.30. The number of hydrogen-bond acceptors (Lipinski definition) is 2. The molecule has 0 spiro atoms. The Balaban J connectivity index is 2.27. The highest BCUT2D eigenvalue weighted by atomic mass is 15.2. The summed E-state index contributed by atoms with van der Waals surface area (Å²) in [6.07, 6.45) is 1.25. The maximum Gasteiger partial charge on any atom is 0.0354 e. The fourth-order valence-electron chi connectivity index (χ4n) is 3.03. The number of benzene rings is 1. The molecule has 1 aliphatic heterocycles. The van der Waals surface area contributed by atoms with E-state index in [0.29, 0.717) is 6.04 Å². The first-order valence-corrected chi connectivity index (χ1v) is 7.60. The predicted octanol–water partition coefficient (Wildman–Crippen LogP) is 3.30. The number of nitrogens with one attached hydrogen (secondary N) is 1. The van der Waals surface area contributed by atoms with Crippen LogP contribution in [0, 0.1) is 19.8 Å². The van der Waals surface area contributed by atoms with Crippen LogP contribution >= 0.6 is 0 Å². The Hall–Kier alpha value is -0.860. The molecular formula is C17H28N2. The number of rotatable bonds is 4. The second-order valence-electron chi connectivity index (χ2n) is 6.29. The van der Waals surface area contributed by atoms with Crippen molar-refractivity contribution in [1.82, 2.24) is 10.2 Å². The molecule has 0 amide bonds. The molecule has 1 heterocycles. The van der Waals surface area contributed by atoms with Crippen molar-refractivity contribution in [3.63, 3.8) is 0 Å². The summed E-state index contributed by atoms with van der Waals surface area (Å²) in [7, 11) is 0. The van der Waals surface area contributed by atoms with Gasteiger partial charge in [0, 0.05) is 32.2 Å². The van der Waals surface area contributed by atoms with Gasteiger partial charge in [-0.3, -0.25) is 4.90 Å². The zero-order chi connectivity index (χ0) is 13.8. The Labute approximate surface area is 118 Å². The summed E-state index contributed by atoms with van der Waals surface area (Å²) in [5.41, 5.74) is 4.36. The first kappa shape index (κ1) is 14.5. The van der Waals surface area contributed by atoms with E-state index in [1.807, 2.05) is 0 Å². The third-order valence-corrected chi connectivity index (χ3v) is 4.08. The third kappa shape index (κ3) is 3.80. The van der Waals surface area contributed by atoms with Gasteiger partial charge in [-0.2, -0.15) is 0 Å². The van der Waals surface area contributed by atoms with Crippen LogP contribution in [0.25, 0.3) is 0 Å². The summed E-state index contributed by atoms with van der Waals surface area (Å²) in [5, 5.41) is 3.46. The van der Waals surface area contributed by atoms with Crippen LogP contribution in [0.15, 0.2) is 18.2 Å².